The Hall–Kier alpha value is -2.09. The van der Waals surface area contributed by atoms with Crippen LogP contribution in [0.15, 0.2) is 24.5 Å². The zero-order valence-corrected chi connectivity index (χ0v) is 15.6. The molecule has 5 nitrogen and oxygen atoms in total. The standard InChI is InChI=1S/C19H26F3N3O2/c1-14(23-2)4-3-5-15-10-17(12-24-11-15)27-16-7-9-25(13-16)18(26)6-8-19(20,21)22/h3,5,10-12,14,16,23H,4,6-9,13H2,1-2H3/b5-3+/t14-,16-/m0/s1. The molecule has 0 spiro atoms. The number of aromatic nitrogens is 1. The number of halogens is 3. The van der Waals surface area contributed by atoms with Crippen molar-refractivity contribution < 1.29 is 22.7 Å². The van der Waals surface area contributed by atoms with Crippen LogP contribution in [0.1, 0.15) is 38.2 Å². The molecular weight excluding hydrogens is 359 g/mol. The van der Waals surface area contributed by atoms with Crippen LogP contribution in [-0.2, 0) is 4.79 Å². The number of nitrogens with zero attached hydrogens (tertiary/aromatic N) is 2. The maximum Gasteiger partial charge on any atom is 0.389 e. The highest BCUT2D eigenvalue weighted by molar-refractivity contribution is 5.76. The second-order valence-electron chi connectivity index (χ2n) is 6.77. The van der Waals surface area contributed by atoms with Crippen LogP contribution in [0, 0.1) is 0 Å². The third-order valence-electron chi connectivity index (χ3n) is 4.45. The summed E-state index contributed by atoms with van der Waals surface area (Å²) in [5, 5.41) is 3.16. The van der Waals surface area contributed by atoms with E-state index in [-0.39, 0.29) is 6.10 Å². The summed E-state index contributed by atoms with van der Waals surface area (Å²) in [6.45, 7) is 2.80. The number of alkyl halides is 3. The van der Waals surface area contributed by atoms with Gasteiger partial charge in [-0.25, -0.2) is 0 Å². The molecule has 0 saturated carbocycles. The molecule has 1 aliphatic rings. The van der Waals surface area contributed by atoms with E-state index in [1.807, 2.05) is 19.2 Å². The van der Waals surface area contributed by atoms with Gasteiger partial charge in [0.15, 0.2) is 0 Å². The molecule has 1 saturated heterocycles. The van der Waals surface area contributed by atoms with Crippen LogP contribution in [0.25, 0.3) is 6.08 Å². The average molecular weight is 385 g/mol. The van der Waals surface area contributed by atoms with Gasteiger partial charge in [-0.1, -0.05) is 12.2 Å². The molecule has 8 heteroatoms. The number of nitrogens with one attached hydrogen (secondary N) is 1. The van der Waals surface area contributed by atoms with Crippen molar-refractivity contribution in [1.82, 2.24) is 15.2 Å². The zero-order chi connectivity index (χ0) is 19.9. The highest BCUT2D eigenvalue weighted by Gasteiger charge is 2.32. The first-order valence-electron chi connectivity index (χ1n) is 9.07. The third-order valence-corrected chi connectivity index (χ3v) is 4.45. The van der Waals surface area contributed by atoms with Crippen molar-refractivity contribution in [2.24, 2.45) is 0 Å². The lowest BCUT2D eigenvalue weighted by molar-refractivity contribution is -0.148. The summed E-state index contributed by atoms with van der Waals surface area (Å²) in [5.74, 6) is 0.111. The van der Waals surface area contributed by atoms with Crippen molar-refractivity contribution in [2.45, 2.75) is 50.9 Å². The molecule has 1 N–H and O–H groups in total. The molecule has 0 aromatic carbocycles. The number of rotatable bonds is 8. The van der Waals surface area contributed by atoms with Crippen molar-refractivity contribution in [3.8, 4) is 5.75 Å². The van der Waals surface area contributed by atoms with E-state index in [2.05, 4.69) is 23.3 Å². The van der Waals surface area contributed by atoms with E-state index >= 15 is 0 Å². The summed E-state index contributed by atoms with van der Waals surface area (Å²) < 4.78 is 42.6. The average Bonchev–Trinajstić information content (AvgIpc) is 3.07. The monoisotopic (exact) mass is 385 g/mol. The van der Waals surface area contributed by atoms with Crippen LogP contribution in [0.5, 0.6) is 5.75 Å². The molecule has 1 amide bonds. The fourth-order valence-electron chi connectivity index (χ4n) is 2.77. The Balaban J connectivity index is 1.84. The van der Waals surface area contributed by atoms with Gasteiger partial charge in [-0.15, -0.1) is 0 Å². The fraction of sp³-hybridized carbons (Fsp3) is 0.579. The quantitative estimate of drug-likeness (QED) is 0.745. The van der Waals surface area contributed by atoms with Gasteiger partial charge < -0.3 is 15.0 Å². The topological polar surface area (TPSA) is 54.5 Å². The SMILES string of the molecule is CN[C@@H](C)C/C=C/c1cncc(O[C@H]2CCN(C(=O)CCC(F)(F)F)C2)c1. The third kappa shape index (κ3) is 7.58. The van der Waals surface area contributed by atoms with Gasteiger partial charge in [-0.3, -0.25) is 9.78 Å². The van der Waals surface area contributed by atoms with Crippen LogP contribution < -0.4 is 10.1 Å². The molecule has 1 aliphatic heterocycles. The lowest BCUT2D eigenvalue weighted by Gasteiger charge is -2.17. The van der Waals surface area contributed by atoms with E-state index in [1.165, 1.54) is 4.90 Å². The molecule has 150 valence electrons. The minimum atomic E-state index is -4.31. The minimum Gasteiger partial charge on any atom is -0.487 e. The Bertz CT molecular complexity index is 649. The van der Waals surface area contributed by atoms with Crippen LogP contribution in [0.3, 0.4) is 0 Å². The Labute approximate surface area is 157 Å². The van der Waals surface area contributed by atoms with Crippen molar-refractivity contribution in [3.63, 3.8) is 0 Å². The highest BCUT2D eigenvalue weighted by atomic mass is 19.4. The largest absolute Gasteiger partial charge is 0.487 e. The molecule has 2 atom stereocenters. The van der Waals surface area contributed by atoms with E-state index in [1.54, 1.807) is 12.4 Å². The maximum atomic E-state index is 12.2. The van der Waals surface area contributed by atoms with Gasteiger partial charge in [0, 0.05) is 31.6 Å². The fourth-order valence-corrected chi connectivity index (χ4v) is 2.77. The lowest BCUT2D eigenvalue weighted by Crippen LogP contribution is -2.31. The Morgan fingerprint density at radius 3 is 2.96 bits per heavy atom. The zero-order valence-electron chi connectivity index (χ0n) is 15.6. The van der Waals surface area contributed by atoms with Crippen molar-refractivity contribution in [1.29, 1.82) is 0 Å². The smallest absolute Gasteiger partial charge is 0.389 e. The maximum absolute atomic E-state index is 12.2. The normalized spacial score (nSPS) is 18.9. The molecule has 27 heavy (non-hydrogen) atoms. The Kier molecular flexibility index (Phi) is 7.65. The Morgan fingerprint density at radius 1 is 1.48 bits per heavy atom. The molecule has 0 aliphatic carbocycles. The molecule has 0 bridgehead atoms. The van der Waals surface area contributed by atoms with Gasteiger partial charge in [-0.05, 0) is 32.0 Å². The van der Waals surface area contributed by atoms with E-state index in [0.29, 0.717) is 31.3 Å². The van der Waals surface area contributed by atoms with E-state index < -0.39 is 24.9 Å². The first-order valence-corrected chi connectivity index (χ1v) is 9.07. The number of likely N-dealkylation sites (tertiary alicyclic amines) is 1. The molecule has 0 unspecified atom stereocenters. The number of hydrogen-bond donors (Lipinski definition) is 1. The van der Waals surface area contributed by atoms with Crippen molar-refractivity contribution in [2.75, 3.05) is 20.1 Å². The minimum absolute atomic E-state index is 0.231. The number of pyridine rings is 1. The summed E-state index contributed by atoms with van der Waals surface area (Å²) in [7, 11) is 1.91. The van der Waals surface area contributed by atoms with Crippen LogP contribution in [0.4, 0.5) is 13.2 Å². The van der Waals surface area contributed by atoms with Crippen molar-refractivity contribution >= 4 is 12.0 Å². The summed E-state index contributed by atoms with van der Waals surface area (Å²) in [6, 6.07) is 2.25. The van der Waals surface area contributed by atoms with Gasteiger partial charge >= 0.3 is 6.18 Å². The van der Waals surface area contributed by atoms with Crippen molar-refractivity contribution in [3.05, 3.63) is 30.1 Å². The van der Waals surface area contributed by atoms with Gasteiger partial charge in [0.2, 0.25) is 5.91 Å². The summed E-state index contributed by atoms with van der Waals surface area (Å²) in [5.41, 5.74) is 0.909. The highest BCUT2D eigenvalue weighted by Crippen LogP contribution is 2.24. The first-order chi connectivity index (χ1) is 12.8. The van der Waals surface area contributed by atoms with Crippen LogP contribution in [-0.4, -0.2) is 54.3 Å². The molecular formula is C19H26F3N3O2. The lowest BCUT2D eigenvalue weighted by atomic mass is 10.2. The summed E-state index contributed by atoms with van der Waals surface area (Å²) >= 11 is 0. The van der Waals surface area contributed by atoms with E-state index in [4.69, 9.17) is 4.74 Å². The van der Waals surface area contributed by atoms with Gasteiger partial charge in [0.25, 0.3) is 0 Å². The predicted octanol–water partition coefficient (Wildman–Crippen LogP) is 3.42. The number of amides is 1. The molecule has 2 rings (SSSR count). The summed E-state index contributed by atoms with van der Waals surface area (Å²) in [6.07, 6.45) is 2.70. The Morgan fingerprint density at radius 2 is 2.26 bits per heavy atom. The number of hydrogen-bond acceptors (Lipinski definition) is 4. The summed E-state index contributed by atoms with van der Waals surface area (Å²) in [4.78, 5) is 17.5. The molecule has 1 fully saturated rings. The predicted molar refractivity (Wildman–Crippen MR) is 97.3 cm³/mol. The van der Waals surface area contributed by atoms with Gasteiger partial charge in [0.1, 0.15) is 11.9 Å². The van der Waals surface area contributed by atoms with Gasteiger partial charge in [0.05, 0.1) is 19.2 Å². The van der Waals surface area contributed by atoms with E-state index in [0.717, 1.165) is 12.0 Å². The molecule has 1 aromatic heterocycles. The van der Waals surface area contributed by atoms with Gasteiger partial charge in [-0.2, -0.15) is 13.2 Å². The molecule has 2 heterocycles. The second kappa shape index (κ2) is 9.73. The number of ether oxygens (including phenoxy) is 1. The first kappa shape index (κ1) is 21.2. The molecule has 0 radical (unpaired) electrons. The number of carbonyl (C=O) groups is 1. The molecule has 1 aromatic rings. The van der Waals surface area contributed by atoms with E-state index in [9.17, 15) is 18.0 Å². The van der Waals surface area contributed by atoms with Crippen LogP contribution in [0.2, 0.25) is 0 Å². The van der Waals surface area contributed by atoms with Crippen LogP contribution >= 0.6 is 0 Å². The second-order valence-corrected chi connectivity index (χ2v) is 6.77. The number of carbonyl (C=O) groups excluding carboxylic acids is 1.